The fraction of sp³-hybridized carbons (Fsp3) is 0.357. The van der Waals surface area contributed by atoms with Crippen molar-refractivity contribution in [2.45, 2.75) is 25.7 Å². The van der Waals surface area contributed by atoms with Gasteiger partial charge in [-0.05, 0) is 29.7 Å². The highest BCUT2D eigenvalue weighted by atomic mass is 32.2. The zero-order chi connectivity index (χ0) is 14.7. The van der Waals surface area contributed by atoms with Crippen molar-refractivity contribution in [2.24, 2.45) is 5.41 Å². The van der Waals surface area contributed by atoms with Crippen molar-refractivity contribution in [3.8, 4) is 0 Å². The van der Waals surface area contributed by atoms with Crippen molar-refractivity contribution >= 4 is 15.8 Å². The fourth-order valence-corrected chi connectivity index (χ4v) is 2.52. The van der Waals surface area contributed by atoms with E-state index in [2.05, 4.69) is 0 Å². The van der Waals surface area contributed by atoms with Crippen molar-refractivity contribution in [3.05, 3.63) is 42.0 Å². The van der Waals surface area contributed by atoms with E-state index in [1.54, 1.807) is 6.08 Å². The summed E-state index contributed by atoms with van der Waals surface area (Å²) in [5, 5.41) is 8.75. The number of sulfone groups is 1. The van der Waals surface area contributed by atoms with Crippen molar-refractivity contribution in [1.82, 2.24) is 0 Å². The largest absolute Gasteiger partial charge is 0.478 e. The molecule has 0 unspecified atom stereocenters. The number of aromatic carboxylic acids is 1. The van der Waals surface area contributed by atoms with Crippen LogP contribution in [-0.2, 0) is 9.84 Å². The molecule has 104 valence electrons. The molecule has 1 N–H and O–H groups in total. The summed E-state index contributed by atoms with van der Waals surface area (Å²) >= 11 is 0. The number of rotatable bonds is 4. The third-order valence-corrected chi connectivity index (χ3v) is 4.02. The van der Waals surface area contributed by atoms with Gasteiger partial charge in [-0.15, -0.1) is 0 Å². The average Bonchev–Trinajstić information content (AvgIpc) is 2.27. The van der Waals surface area contributed by atoms with Gasteiger partial charge in [0, 0.05) is 0 Å². The molecule has 0 saturated carbocycles. The van der Waals surface area contributed by atoms with Crippen LogP contribution in [0.3, 0.4) is 0 Å². The first-order valence-corrected chi connectivity index (χ1v) is 7.51. The first-order chi connectivity index (χ1) is 8.62. The standard InChI is InChI=1S/C14H18O4S/c1-14(2,3)9-4-10-19(17,18)12-7-5-11(6-8-12)13(15)16/h4-9H,10H2,1-3H3,(H,15,16). The maximum absolute atomic E-state index is 12.0. The summed E-state index contributed by atoms with van der Waals surface area (Å²) in [4.78, 5) is 10.8. The smallest absolute Gasteiger partial charge is 0.335 e. The number of hydrogen-bond acceptors (Lipinski definition) is 3. The van der Waals surface area contributed by atoms with Gasteiger partial charge in [0.25, 0.3) is 0 Å². The Morgan fingerprint density at radius 1 is 1.21 bits per heavy atom. The molecule has 1 aromatic rings. The summed E-state index contributed by atoms with van der Waals surface area (Å²) < 4.78 is 24.0. The second kappa shape index (κ2) is 5.57. The summed E-state index contributed by atoms with van der Waals surface area (Å²) in [5.41, 5.74) is 0.00654. The molecule has 0 atom stereocenters. The number of carbonyl (C=O) groups is 1. The Labute approximate surface area is 113 Å². The molecule has 4 nitrogen and oxygen atoms in total. The van der Waals surface area contributed by atoms with Gasteiger partial charge in [-0.3, -0.25) is 0 Å². The van der Waals surface area contributed by atoms with Crippen LogP contribution >= 0.6 is 0 Å². The van der Waals surface area contributed by atoms with Crippen LogP contribution in [0.2, 0.25) is 0 Å². The topological polar surface area (TPSA) is 71.4 Å². The minimum Gasteiger partial charge on any atom is -0.478 e. The van der Waals surface area contributed by atoms with Crippen molar-refractivity contribution < 1.29 is 18.3 Å². The zero-order valence-corrected chi connectivity index (χ0v) is 12.1. The van der Waals surface area contributed by atoms with Gasteiger partial charge in [-0.1, -0.05) is 32.9 Å². The SMILES string of the molecule is CC(C)(C)C=CCS(=O)(=O)c1ccc(C(=O)O)cc1. The van der Waals surface area contributed by atoms with Crippen molar-refractivity contribution in [2.75, 3.05) is 5.75 Å². The Kier molecular flexibility index (Phi) is 4.52. The molecule has 0 saturated heterocycles. The maximum atomic E-state index is 12.0. The lowest BCUT2D eigenvalue weighted by Gasteiger charge is -2.11. The van der Waals surface area contributed by atoms with Crippen LogP contribution in [0.25, 0.3) is 0 Å². The molecule has 1 aromatic carbocycles. The highest BCUT2D eigenvalue weighted by Gasteiger charge is 2.14. The van der Waals surface area contributed by atoms with E-state index in [9.17, 15) is 13.2 Å². The van der Waals surface area contributed by atoms with E-state index in [0.29, 0.717) is 0 Å². The lowest BCUT2D eigenvalue weighted by Crippen LogP contribution is -2.07. The first-order valence-electron chi connectivity index (χ1n) is 5.86. The number of allylic oxidation sites excluding steroid dienone is 1. The van der Waals surface area contributed by atoms with Crippen LogP contribution in [0.1, 0.15) is 31.1 Å². The van der Waals surface area contributed by atoms with Crippen LogP contribution in [0.15, 0.2) is 41.3 Å². The van der Waals surface area contributed by atoms with E-state index in [-0.39, 0.29) is 21.6 Å². The lowest BCUT2D eigenvalue weighted by molar-refractivity contribution is 0.0696. The molecule has 5 heteroatoms. The Morgan fingerprint density at radius 2 is 1.74 bits per heavy atom. The Hall–Kier alpha value is -1.62. The molecule has 0 spiro atoms. The minimum atomic E-state index is -3.40. The molecule has 0 aliphatic heterocycles. The van der Waals surface area contributed by atoms with Gasteiger partial charge in [0.2, 0.25) is 0 Å². The third kappa shape index (κ3) is 4.87. The molecule has 19 heavy (non-hydrogen) atoms. The van der Waals surface area contributed by atoms with E-state index in [0.717, 1.165) is 0 Å². The van der Waals surface area contributed by atoms with Gasteiger partial charge in [0.05, 0.1) is 16.2 Å². The summed E-state index contributed by atoms with van der Waals surface area (Å²) in [6.07, 6.45) is 3.47. The average molecular weight is 282 g/mol. The summed E-state index contributed by atoms with van der Waals surface area (Å²) in [5.74, 6) is -1.16. The van der Waals surface area contributed by atoms with E-state index in [1.807, 2.05) is 26.8 Å². The predicted molar refractivity (Wildman–Crippen MR) is 74.0 cm³/mol. The highest BCUT2D eigenvalue weighted by molar-refractivity contribution is 7.91. The second-order valence-electron chi connectivity index (χ2n) is 5.38. The van der Waals surface area contributed by atoms with Crippen molar-refractivity contribution in [3.63, 3.8) is 0 Å². The number of benzene rings is 1. The van der Waals surface area contributed by atoms with E-state index < -0.39 is 15.8 Å². The van der Waals surface area contributed by atoms with Crippen LogP contribution in [0.5, 0.6) is 0 Å². The zero-order valence-electron chi connectivity index (χ0n) is 11.3. The number of carboxylic acids is 1. The van der Waals surface area contributed by atoms with Gasteiger partial charge in [-0.2, -0.15) is 0 Å². The molecule has 0 bridgehead atoms. The molecular weight excluding hydrogens is 264 g/mol. The van der Waals surface area contributed by atoms with Crippen LogP contribution < -0.4 is 0 Å². The van der Waals surface area contributed by atoms with Gasteiger partial charge in [0.15, 0.2) is 9.84 Å². The van der Waals surface area contributed by atoms with Gasteiger partial charge < -0.3 is 5.11 Å². The maximum Gasteiger partial charge on any atom is 0.335 e. The molecular formula is C14H18O4S. The predicted octanol–water partition coefficient (Wildman–Crippen LogP) is 2.76. The van der Waals surface area contributed by atoms with E-state index in [4.69, 9.17) is 5.11 Å². The first kappa shape index (κ1) is 15.4. The van der Waals surface area contributed by atoms with Gasteiger partial charge in [-0.25, -0.2) is 13.2 Å². The summed E-state index contributed by atoms with van der Waals surface area (Å²) in [7, 11) is -3.40. The number of hydrogen-bond donors (Lipinski definition) is 1. The van der Waals surface area contributed by atoms with Gasteiger partial charge >= 0.3 is 5.97 Å². The molecule has 1 rings (SSSR count). The second-order valence-corrected chi connectivity index (χ2v) is 7.41. The molecule has 0 amide bonds. The molecule has 0 radical (unpaired) electrons. The van der Waals surface area contributed by atoms with Crippen LogP contribution in [-0.4, -0.2) is 25.2 Å². The van der Waals surface area contributed by atoms with Crippen LogP contribution in [0.4, 0.5) is 0 Å². The quantitative estimate of drug-likeness (QED) is 0.862. The molecule has 0 fully saturated rings. The minimum absolute atomic E-state index is 0.0668. The molecule has 0 aliphatic rings. The summed E-state index contributed by atoms with van der Waals surface area (Å²) in [6.45, 7) is 5.95. The number of carboxylic acid groups (broad SMARTS) is 1. The molecule has 0 heterocycles. The Balaban J connectivity index is 2.89. The van der Waals surface area contributed by atoms with Crippen LogP contribution in [0, 0.1) is 5.41 Å². The molecule has 0 aliphatic carbocycles. The highest BCUT2D eigenvalue weighted by Crippen LogP contribution is 2.17. The van der Waals surface area contributed by atoms with E-state index in [1.165, 1.54) is 24.3 Å². The van der Waals surface area contributed by atoms with E-state index >= 15 is 0 Å². The lowest BCUT2D eigenvalue weighted by atomic mass is 9.97. The fourth-order valence-electron chi connectivity index (χ4n) is 1.43. The van der Waals surface area contributed by atoms with Crippen molar-refractivity contribution in [1.29, 1.82) is 0 Å². The molecule has 0 aromatic heterocycles. The Bertz CT molecular complexity index is 575. The Morgan fingerprint density at radius 3 is 2.16 bits per heavy atom. The van der Waals surface area contributed by atoms with Gasteiger partial charge in [0.1, 0.15) is 0 Å². The monoisotopic (exact) mass is 282 g/mol. The summed E-state index contributed by atoms with van der Waals surface area (Å²) in [6, 6.07) is 5.23. The third-order valence-electron chi connectivity index (χ3n) is 2.39. The normalized spacial score (nSPS) is 12.8.